The van der Waals surface area contributed by atoms with Gasteiger partial charge in [-0.15, -0.1) is 0 Å². The first-order valence-electron chi connectivity index (χ1n) is 9.15. The van der Waals surface area contributed by atoms with Crippen LogP contribution in [0.1, 0.15) is 20.7 Å². The number of nitrogens with one attached hydrogen (secondary N) is 1. The maximum atomic E-state index is 13.0. The molecule has 1 aliphatic heterocycles. The van der Waals surface area contributed by atoms with E-state index in [9.17, 15) is 9.59 Å². The SMILES string of the molecule is COC(=O)c1ccc(N2CCOCC2)c(NC(=O)c2ccc(OC)cc2OC)c1. The highest BCUT2D eigenvalue weighted by molar-refractivity contribution is 6.08. The number of rotatable bonds is 6. The Labute approximate surface area is 169 Å². The predicted octanol–water partition coefficient (Wildman–Crippen LogP) is 2.58. The van der Waals surface area contributed by atoms with E-state index in [1.165, 1.54) is 14.2 Å². The van der Waals surface area contributed by atoms with E-state index in [2.05, 4.69) is 10.2 Å². The Bertz CT molecular complexity index is 893. The van der Waals surface area contributed by atoms with Crippen LogP contribution in [-0.2, 0) is 9.47 Å². The number of methoxy groups -OCH3 is 3. The first-order valence-corrected chi connectivity index (χ1v) is 9.15. The van der Waals surface area contributed by atoms with Gasteiger partial charge in [0.05, 0.1) is 57.0 Å². The summed E-state index contributed by atoms with van der Waals surface area (Å²) in [7, 11) is 4.35. The number of nitrogens with zero attached hydrogens (tertiary/aromatic N) is 1. The number of hydrogen-bond donors (Lipinski definition) is 1. The molecule has 1 aliphatic rings. The van der Waals surface area contributed by atoms with Crippen LogP contribution in [0.2, 0.25) is 0 Å². The molecular formula is C21H24N2O6. The lowest BCUT2D eigenvalue weighted by molar-refractivity contribution is 0.0600. The maximum Gasteiger partial charge on any atom is 0.337 e. The third-order valence-corrected chi connectivity index (χ3v) is 4.67. The van der Waals surface area contributed by atoms with Crippen LogP contribution >= 0.6 is 0 Å². The molecule has 3 rings (SSSR count). The van der Waals surface area contributed by atoms with Gasteiger partial charge in [0, 0.05) is 19.2 Å². The van der Waals surface area contributed by atoms with Gasteiger partial charge in [0.1, 0.15) is 11.5 Å². The number of carbonyl (C=O) groups is 2. The molecule has 2 aromatic rings. The number of ether oxygens (including phenoxy) is 4. The number of hydrogen-bond acceptors (Lipinski definition) is 7. The lowest BCUT2D eigenvalue weighted by atomic mass is 10.1. The molecule has 8 heteroatoms. The fraction of sp³-hybridized carbons (Fsp3) is 0.333. The summed E-state index contributed by atoms with van der Waals surface area (Å²) < 4.78 is 20.7. The average molecular weight is 400 g/mol. The first kappa shape index (κ1) is 20.5. The van der Waals surface area contributed by atoms with Gasteiger partial charge in [-0.1, -0.05) is 0 Å². The molecule has 1 N–H and O–H groups in total. The summed E-state index contributed by atoms with van der Waals surface area (Å²) in [5, 5.41) is 2.91. The molecule has 1 saturated heterocycles. The van der Waals surface area contributed by atoms with E-state index >= 15 is 0 Å². The first-order chi connectivity index (χ1) is 14.1. The number of carbonyl (C=O) groups excluding carboxylic acids is 2. The highest BCUT2D eigenvalue weighted by atomic mass is 16.5. The van der Waals surface area contributed by atoms with E-state index in [-0.39, 0.29) is 5.91 Å². The summed E-state index contributed by atoms with van der Waals surface area (Å²) in [6.45, 7) is 2.56. The monoisotopic (exact) mass is 400 g/mol. The zero-order valence-corrected chi connectivity index (χ0v) is 16.7. The van der Waals surface area contributed by atoms with Crippen LogP contribution in [-0.4, -0.2) is 59.5 Å². The minimum atomic E-state index is -0.476. The molecule has 0 saturated carbocycles. The standard InChI is InChI=1S/C21H24N2O6/c1-26-15-5-6-16(19(13-15)27-2)20(24)22-17-12-14(21(25)28-3)4-7-18(17)23-8-10-29-11-9-23/h4-7,12-13H,8-11H2,1-3H3,(H,22,24). The van der Waals surface area contributed by atoms with E-state index in [0.717, 1.165) is 5.69 Å². The van der Waals surface area contributed by atoms with Crippen LogP contribution in [0.15, 0.2) is 36.4 Å². The Balaban J connectivity index is 1.95. The van der Waals surface area contributed by atoms with E-state index in [1.807, 2.05) is 0 Å². The van der Waals surface area contributed by atoms with Crippen molar-refractivity contribution in [2.24, 2.45) is 0 Å². The summed E-state index contributed by atoms with van der Waals surface area (Å²) in [5.74, 6) is 0.135. The summed E-state index contributed by atoms with van der Waals surface area (Å²) >= 11 is 0. The maximum absolute atomic E-state index is 13.0. The summed E-state index contributed by atoms with van der Waals surface area (Å²) in [6.07, 6.45) is 0. The fourth-order valence-corrected chi connectivity index (χ4v) is 3.14. The van der Waals surface area contributed by atoms with E-state index in [1.54, 1.807) is 43.5 Å². The van der Waals surface area contributed by atoms with Crippen molar-refractivity contribution in [3.05, 3.63) is 47.5 Å². The zero-order valence-electron chi connectivity index (χ0n) is 16.7. The quantitative estimate of drug-likeness (QED) is 0.746. The molecule has 0 aromatic heterocycles. The molecule has 154 valence electrons. The molecule has 1 heterocycles. The summed E-state index contributed by atoms with van der Waals surface area (Å²) in [5.41, 5.74) is 2.02. The van der Waals surface area contributed by atoms with Crippen LogP contribution < -0.4 is 19.7 Å². The molecule has 2 aromatic carbocycles. The molecule has 8 nitrogen and oxygen atoms in total. The number of esters is 1. The van der Waals surface area contributed by atoms with E-state index < -0.39 is 5.97 Å². The third-order valence-electron chi connectivity index (χ3n) is 4.67. The minimum absolute atomic E-state index is 0.349. The number of anilines is 2. The average Bonchev–Trinajstić information content (AvgIpc) is 2.78. The number of benzene rings is 2. The third kappa shape index (κ3) is 4.60. The Morgan fingerprint density at radius 3 is 2.41 bits per heavy atom. The van der Waals surface area contributed by atoms with Gasteiger partial charge in [-0.2, -0.15) is 0 Å². The second-order valence-electron chi connectivity index (χ2n) is 6.34. The van der Waals surface area contributed by atoms with Gasteiger partial charge in [-0.25, -0.2) is 4.79 Å². The Morgan fingerprint density at radius 2 is 1.76 bits per heavy atom. The van der Waals surface area contributed by atoms with Crippen molar-refractivity contribution in [1.82, 2.24) is 0 Å². The normalized spacial score (nSPS) is 13.6. The smallest absolute Gasteiger partial charge is 0.337 e. The minimum Gasteiger partial charge on any atom is -0.497 e. The Morgan fingerprint density at radius 1 is 1.00 bits per heavy atom. The van der Waals surface area contributed by atoms with Crippen LogP contribution in [0.3, 0.4) is 0 Å². The van der Waals surface area contributed by atoms with Crippen molar-refractivity contribution in [1.29, 1.82) is 0 Å². The van der Waals surface area contributed by atoms with E-state index in [4.69, 9.17) is 18.9 Å². The molecule has 0 radical (unpaired) electrons. The van der Waals surface area contributed by atoms with Crippen molar-refractivity contribution in [2.75, 3.05) is 57.8 Å². The van der Waals surface area contributed by atoms with Gasteiger partial charge in [0.2, 0.25) is 0 Å². The van der Waals surface area contributed by atoms with Gasteiger partial charge in [-0.05, 0) is 30.3 Å². The number of morpholine rings is 1. The summed E-state index contributed by atoms with van der Waals surface area (Å²) in [6, 6.07) is 10.1. The van der Waals surface area contributed by atoms with Crippen molar-refractivity contribution in [3.63, 3.8) is 0 Å². The van der Waals surface area contributed by atoms with Gasteiger partial charge in [-0.3, -0.25) is 4.79 Å². The second-order valence-corrected chi connectivity index (χ2v) is 6.34. The Hall–Kier alpha value is -3.26. The molecule has 1 fully saturated rings. The highest BCUT2D eigenvalue weighted by Crippen LogP contribution is 2.31. The molecular weight excluding hydrogens is 376 g/mol. The van der Waals surface area contributed by atoms with Crippen molar-refractivity contribution in [2.45, 2.75) is 0 Å². The molecule has 1 amide bonds. The zero-order chi connectivity index (χ0) is 20.8. The lowest BCUT2D eigenvalue weighted by Crippen LogP contribution is -2.36. The second kappa shape index (κ2) is 9.29. The van der Waals surface area contributed by atoms with Crippen LogP contribution in [0.25, 0.3) is 0 Å². The van der Waals surface area contributed by atoms with Crippen LogP contribution in [0.4, 0.5) is 11.4 Å². The molecule has 0 atom stereocenters. The summed E-state index contributed by atoms with van der Waals surface area (Å²) in [4.78, 5) is 27.1. The van der Waals surface area contributed by atoms with Crippen LogP contribution in [0.5, 0.6) is 11.5 Å². The topological polar surface area (TPSA) is 86.3 Å². The molecule has 0 spiro atoms. The lowest BCUT2D eigenvalue weighted by Gasteiger charge is -2.30. The molecule has 0 bridgehead atoms. The molecule has 0 aliphatic carbocycles. The predicted molar refractivity (Wildman–Crippen MR) is 108 cm³/mol. The van der Waals surface area contributed by atoms with Gasteiger partial charge in [0.25, 0.3) is 5.91 Å². The van der Waals surface area contributed by atoms with Gasteiger partial charge < -0.3 is 29.2 Å². The fourth-order valence-electron chi connectivity index (χ4n) is 3.14. The molecule has 29 heavy (non-hydrogen) atoms. The highest BCUT2D eigenvalue weighted by Gasteiger charge is 2.20. The Kier molecular flexibility index (Phi) is 6.56. The molecule has 0 unspecified atom stereocenters. The van der Waals surface area contributed by atoms with Crippen LogP contribution in [0, 0.1) is 0 Å². The van der Waals surface area contributed by atoms with Crippen molar-refractivity contribution < 1.29 is 28.5 Å². The van der Waals surface area contributed by atoms with E-state index in [0.29, 0.717) is 54.6 Å². The van der Waals surface area contributed by atoms with Crippen molar-refractivity contribution in [3.8, 4) is 11.5 Å². The van der Waals surface area contributed by atoms with Gasteiger partial charge >= 0.3 is 5.97 Å². The number of amides is 1. The van der Waals surface area contributed by atoms with Gasteiger partial charge in [0.15, 0.2) is 0 Å². The largest absolute Gasteiger partial charge is 0.497 e. The van der Waals surface area contributed by atoms with Crippen molar-refractivity contribution >= 4 is 23.3 Å².